The minimum atomic E-state index is -1.82. The Morgan fingerprint density at radius 3 is 2.35 bits per heavy atom. The van der Waals surface area contributed by atoms with E-state index in [1.807, 2.05) is 24.3 Å². The van der Waals surface area contributed by atoms with Gasteiger partial charge in [0.2, 0.25) is 0 Å². The molecule has 31 heavy (non-hydrogen) atoms. The van der Waals surface area contributed by atoms with Crippen LogP contribution in [0.2, 0.25) is 5.02 Å². The number of methoxy groups -OCH3 is 1. The Balaban J connectivity index is 1.86. The molecule has 10 heteroatoms. The summed E-state index contributed by atoms with van der Waals surface area (Å²) in [5, 5.41) is 31.2. The molecule has 166 valence electrons. The second-order valence-corrected chi connectivity index (χ2v) is 7.47. The molecule has 1 heterocycles. The minimum Gasteiger partial charge on any atom is -0.497 e. The summed E-state index contributed by atoms with van der Waals surface area (Å²) in [6, 6.07) is 12.2. The molecule has 0 radical (unpaired) electrons. The Hall–Kier alpha value is -2.69. The van der Waals surface area contributed by atoms with Crippen LogP contribution in [0.15, 0.2) is 42.5 Å². The van der Waals surface area contributed by atoms with Crippen LogP contribution in [0.3, 0.4) is 0 Å². The van der Waals surface area contributed by atoms with Gasteiger partial charge in [-0.3, -0.25) is 0 Å². The summed E-state index contributed by atoms with van der Waals surface area (Å²) >= 11 is 6.33. The van der Waals surface area contributed by atoms with E-state index in [1.54, 1.807) is 25.3 Å². The SMILES string of the molecule is COc1ccc(Cc2cc(C3OC(C(=O)OC(N)=O)C(O)C(O)C3O)ccc2Cl)cc1. The van der Waals surface area contributed by atoms with Gasteiger partial charge in [0.15, 0.2) is 6.10 Å². The van der Waals surface area contributed by atoms with Gasteiger partial charge in [-0.05, 0) is 41.3 Å². The van der Waals surface area contributed by atoms with Crippen molar-refractivity contribution in [1.29, 1.82) is 0 Å². The maximum absolute atomic E-state index is 12.0. The molecule has 5 N–H and O–H groups in total. The molecule has 2 aromatic carbocycles. The number of benzene rings is 2. The number of nitrogens with two attached hydrogens (primary N) is 1. The number of ether oxygens (including phenoxy) is 3. The first-order chi connectivity index (χ1) is 14.7. The van der Waals surface area contributed by atoms with Gasteiger partial charge < -0.3 is 35.3 Å². The first kappa shape index (κ1) is 23.0. The number of hydrogen-bond donors (Lipinski definition) is 4. The third-order valence-corrected chi connectivity index (χ3v) is 5.37. The minimum absolute atomic E-state index is 0.406. The van der Waals surface area contributed by atoms with Crippen LogP contribution in [-0.4, -0.2) is 58.9 Å². The summed E-state index contributed by atoms with van der Waals surface area (Å²) in [4.78, 5) is 22.9. The average Bonchev–Trinajstić information content (AvgIpc) is 2.74. The number of hydrogen-bond acceptors (Lipinski definition) is 8. The van der Waals surface area contributed by atoms with Crippen LogP contribution < -0.4 is 10.5 Å². The fourth-order valence-corrected chi connectivity index (χ4v) is 3.56. The molecule has 1 fully saturated rings. The topological polar surface area (TPSA) is 149 Å². The van der Waals surface area contributed by atoms with Gasteiger partial charge in [0, 0.05) is 5.02 Å². The lowest BCUT2D eigenvalue weighted by Gasteiger charge is -2.39. The summed E-state index contributed by atoms with van der Waals surface area (Å²) in [6.07, 6.45) is -8.95. The monoisotopic (exact) mass is 451 g/mol. The Kier molecular flexibility index (Phi) is 7.14. The van der Waals surface area contributed by atoms with Crippen molar-refractivity contribution in [3.05, 3.63) is 64.2 Å². The summed E-state index contributed by atoms with van der Waals surface area (Å²) in [5.41, 5.74) is 6.89. The highest BCUT2D eigenvalue weighted by Gasteiger charge is 2.48. The van der Waals surface area contributed by atoms with Crippen molar-refractivity contribution in [2.45, 2.75) is 36.9 Å². The van der Waals surface area contributed by atoms with Crippen molar-refractivity contribution in [3.63, 3.8) is 0 Å². The first-order valence-electron chi connectivity index (χ1n) is 9.33. The van der Waals surface area contributed by atoms with E-state index in [0.29, 0.717) is 28.3 Å². The smallest absolute Gasteiger partial charge is 0.412 e. The summed E-state index contributed by atoms with van der Waals surface area (Å²) < 4.78 is 14.9. The van der Waals surface area contributed by atoms with Gasteiger partial charge in [-0.1, -0.05) is 35.9 Å². The van der Waals surface area contributed by atoms with E-state index in [0.717, 1.165) is 5.56 Å². The molecule has 0 bridgehead atoms. The number of esters is 1. The van der Waals surface area contributed by atoms with Crippen LogP contribution in [-0.2, 0) is 20.7 Å². The number of carbonyl (C=O) groups excluding carboxylic acids is 2. The van der Waals surface area contributed by atoms with Crippen molar-refractivity contribution in [3.8, 4) is 5.75 Å². The van der Waals surface area contributed by atoms with Crippen molar-refractivity contribution >= 4 is 23.7 Å². The first-order valence-corrected chi connectivity index (χ1v) is 9.71. The predicted octanol–water partition coefficient (Wildman–Crippen LogP) is 1.08. The van der Waals surface area contributed by atoms with Crippen molar-refractivity contribution in [2.24, 2.45) is 5.73 Å². The van der Waals surface area contributed by atoms with E-state index in [4.69, 9.17) is 26.8 Å². The molecule has 5 atom stereocenters. The molecule has 3 rings (SSSR count). The second kappa shape index (κ2) is 9.63. The van der Waals surface area contributed by atoms with Gasteiger partial charge in [-0.15, -0.1) is 0 Å². The molecular weight excluding hydrogens is 430 g/mol. The van der Waals surface area contributed by atoms with Crippen molar-refractivity contribution in [1.82, 2.24) is 0 Å². The van der Waals surface area contributed by atoms with E-state index in [9.17, 15) is 24.9 Å². The number of aliphatic hydroxyl groups excluding tert-OH is 3. The van der Waals surface area contributed by atoms with Gasteiger partial charge >= 0.3 is 12.1 Å². The second-order valence-electron chi connectivity index (χ2n) is 7.06. The Morgan fingerprint density at radius 2 is 1.74 bits per heavy atom. The molecule has 0 saturated carbocycles. The van der Waals surface area contributed by atoms with Crippen LogP contribution in [0, 0.1) is 0 Å². The van der Waals surface area contributed by atoms with Gasteiger partial charge in [0.05, 0.1) is 7.11 Å². The number of halogens is 1. The fourth-order valence-electron chi connectivity index (χ4n) is 3.38. The summed E-state index contributed by atoms with van der Waals surface area (Å²) in [5.74, 6) is -0.563. The number of primary amides is 1. The average molecular weight is 452 g/mol. The fraction of sp³-hybridized carbons (Fsp3) is 0.333. The lowest BCUT2D eigenvalue weighted by molar-refractivity contribution is -0.229. The highest BCUT2D eigenvalue weighted by atomic mass is 35.5. The zero-order valence-electron chi connectivity index (χ0n) is 16.5. The number of amides is 1. The highest BCUT2D eigenvalue weighted by Crippen LogP contribution is 2.35. The van der Waals surface area contributed by atoms with Crippen LogP contribution >= 0.6 is 11.6 Å². The zero-order chi connectivity index (χ0) is 22.7. The van der Waals surface area contributed by atoms with E-state index < -0.39 is 42.6 Å². The molecular formula is C21H22ClNO8. The molecule has 1 amide bonds. The van der Waals surface area contributed by atoms with Gasteiger partial charge in [0.25, 0.3) is 0 Å². The van der Waals surface area contributed by atoms with Gasteiger partial charge in [-0.25, -0.2) is 9.59 Å². The molecule has 1 aliphatic heterocycles. The number of rotatable bonds is 5. The molecule has 9 nitrogen and oxygen atoms in total. The van der Waals surface area contributed by atoms with Gasteiger partial charge in [-0.2, -0.15) is 0 Å². The van der Waals surface area contributed by atoms with E-state index >= 15 is 0 Å². The van der Waals surface area contributed by atoms with Crippen LogP contribution in [0.5, 0.6) is 5.75 Å². The maximum atomic E-state index is 12.0. The molecule has 0 aliphatic carbocycles. The van der Waals surface area contributed by atoms with Crippen LogP contribution in [0.4, 0.5) is 4.79 Å². The summed E-state index contributed by atoms with van der Waals surface area (Å²) in [7, 11) is 1.57. The Labute approximate surface area is 182 Å². The Morgan fingerprint density at radius 1 is 1.06 bits per heavy atom. The van der Waals surface area contributed by atoms with Crippen molar-refractivity contribution in [2.75, 3.05) is 7.11 Å². The number of aliphatic hydroxyl groups is 3. The number of carbonyl (C=O) groups is 2. The maximum Gasteiger partial charge on any atom is 0.412 e. The lowest BCUT2D eigenvalue weighted by Crippen LogP contribution is -2.57. The van der Waals surface area contributed by atoms with E-state index in [2.05, 4.69) is 4.74 Å². The zero-order valence-corrected chi connectivity index (χ0v) is 17.2. The quantitative estimate of drug-likeness (QED) is 0.390. The largest absolute Gasteiger partial charge is 0.497 e. The molecule has 1 saturated heterocycles. The summed E-state index contributed by atoms with van der Waals surface area (Å²) in [6.45, 7) is 0. The third kappa shape index (κ3) is 5.15. The molecule has 1 aliphatic rings. The van der Waals surface area contributed by atoms with E-state index in [1.165, 1.54) is 0 Å². The van der Waals surface area contributed by atoms with E-state index in [-0.39, 0.29) is 0 Å². The van der Waals surface area contributed by atoms with Crippen molar-refractivity contribution < 1.29 is 39.1 Å². The molecule has 2 aromatic rings. The molecule has 0 spiro atoms. The Bertz CT molecular complexity index is 951. The lowest BCUT2D eigenvalue weighted by atomic mass is 9.90. The van der Waals surface area contributed by atoms with Crippen LogP contribution in [0.1, 0.15) is 22.8 Å². The molecule has 5 unspecified atom stereocenters. The standard InChI is InChI=1S/C21H22ClNO8/c1-29-13-5-2-10(3-6-13)8-12-9-11(4-7-14(12)22)18-16(25)15(24)17(26)19(30-18)20(27)31-21(23)28/h2-7,9,15-19,24-26H,8H2,1H3,(H2,23,28). The van der Waals surface area contributed by atoms with Crippen LogP contribution in [0.25, 0.3) is 0 Å². The van der Waals surface area contributed by atoms with Gasteiger partial charge in [0.1, 0.15) is 30.2 Å². The normalized spacial score (nSPS) is 25.6. The highest BCUT2D eigenvalue weighted by molar-refractivity contribution is 6.31. The predicted molar refractivity (Wildman–Crippen MR) is 109 cm³/mol. The third-order valence-electron chi connectivity index (χ3n) is 5.00. The molecule has 0 aromatic heterocycles.